The Hall–Kier alpha value is -2.98. The molecule has 0 unspecified atom stereocenters. The molecule has 142 valence electrons. The summed E-state index contributed by atoms with van der Waals surface area (Å²) in [5, 5.41) is 0. The lowest BCUT2D eigenvalue weighted by molar-refractivity contribution is -0.136. The number of pyridine rings is 1. The Morgan fingerprint density at radius 3 is 2.25 bits per heavy atom. The van der Waals surface area contributed by atoms with Crippen molar-refractivity contribution in [1.82, 2.24) is 4.57 Å². The Labute approximate surface area is 164 Å². The highest BCUT2D eigenvalue weighted by atomic mass is 32.2. The highest BCUT2D eigenvalue weighted by molar-refractivity contribution is 7.98. The predicted molar refractivity (Wildman–Crippen MR) is 105 cm³/mol. The first-order chi connectivity index (χ1) is 13.3. The lowest BCUT2D eigenvalue weighted by Crippen LogP contribution is -2.25. The zero-order chi connectivity index (χ0) is 20.3. The highest BCUT2D eigenvalue weighted by Crippen LogP contribution is 2.37. The topological polar surface area (TPSA) is 26.4 Å². The Balaban J connectivity index is 2.24. The fourth-order valence-electron chi connectivity index (χ4n) is 2.88. The Kier molecular flexibility index (Phi) is 5.61. The monoisotopic (exact) mass is 400 g/mol. The second-order valence-corrected chi connectivity index (χ2v) is 6.89. The zero-order valence-corrected chi connectivity index (χ0v) is 15.6. The first-order valence-corrected chi connectivity index (χ1v) is 9.48. The number of alkyl halides is 3. The molecule has 0 atom stereocenters. The standard InChI is InChI=1S/C21H15F3N2OS/c1-25-19-17(21(22,23)24)12-18(15-6-4-3-5-7-15)26(20(19)27)13-14-8-10-16(28-2)11-9-14/h3-12H,13H2,2H3. The molecule has 0 bridgehead atoms. The van der Waals surface area contributed by atoms with E-state index in [1.165, 1.54) is 4.57 Å². The largest absolute Gasteiger partial charge is 0.407 e. The van der Waals surface area contributed by atoms with E-state index in [0.29, 0.717) is 5.56 Å². The SMILES string of the molecule is [C-]#[N+]c1c(C(F)(F)F)cc(-c2ccccc2)n(Cc2ccc(SC)cc2)c1=O. The third kappa shape index (κ3) is 3.97. The second kappa shape index (κ2) is 7.95. The maximum absolute atomic E-state index is 13.5. The van der Waals surface area contributed by atoms with Crippen LogP contribution in [0.4, 0.5) is 18.9 Å². The van der Waals surface area contributed by atoms with E-state index >= 15 is 0 Å². The van der Waals surface area contributed by atoms with Crippen LogP contribution in [0.5, 0.6) is 0 Å². The van der Waals surface area contributed by atoms with Crippen LogP contribution in [0, 0.1) is 6.57 Å². The van der Waals surface area contributed by atoms with Crippen molar-refractivity contribution >= 4 is 17.4 Å². The minimum absolute atomic E-state index is 0.0678. The lowest BCUT2D eigenvalue weighted by Gasteiger charge is -2.18. The van der Waals surface area contributed by atoms with Crippen LogP contribution in [0.1, 0.15) is 11.1 Å². The molecular weight excluding hydrogens is 385 g/mol. The number of hydrogen-bond donors (Lipinski definition) is 0. The molecule has 0 saturated heterocycles. The zero-order valence-electron chi connectivity index (χ0n) is 14.8. The van der Waals surface area contributed by atoms with Crippen molar-refractivity contribution in [2.45, 2.75) is 17.6 Å². The van der Waals surface area contributed by atoms with Gasteiger partial charge >= 0.3 is 6.18 Å². The second-order valence-electron chi connectivity index (χ2n) is 6.01. The smallest absolute Gasteiger partial charge is 0.313 e. The molecule has 0 aliphatic carbocycles. The maximum atomic E-state index is 13.5. The van der Waals surface area contributed by atoms with Crippen LogP contribution in [0.25, 0.3) is 16.1 Å². The number of nitrogens with zero attached hydrogens (tertiary/aromatic N) is 2. The van der Waals surface area contributed by atoms with E-state index in [2.05, 4.69) is 4.85 Å². The minimum Gasteiger partial charge on any atom is -0.313 e. The van der Waals surface area contributed by atoms with Crippen LogP contribution in [-0.4, -0.2) is 10.8 Å². The molecule has 3 rings (SSSR count). The van der Waals surface area contributed by atoms with Gasteiger partial charge in [0.25, 0.3) is 11.2 Å². The van der Waals surface area contributed by atoms with Crippen LogP contribution in [-0.2, 0) is 12.7 Å². The van der Waals surface area contributed by atoms with E-state index in [1.54, 1.807) is 42.1 Å². The van der Waals surface area contributed by atoms with Crippen molar-refractivity contribution in [3.63, 3.8) is 0 Å². The van der Waals surface area contributed by atoms with Gasteiger partial charge in [-0.1, -0.05) is 42.5 Å². The van der Waals surface area contributed by atoms with E-state index in [-0.39, 0.29) is 12.2 Å². The summed E-state index contributed by atoms with van der Waals surface area (Å²) in [4.78, 5) is 16.8. The molecule has 7 heteroatoms. The average Bonchev–Trinajstić information content (AvgIpc) is 2.69. The Morgan fingerprint density at radius 2 is 1.71 bits per heavy atom. The molecule has 0 radical (unpaired) electrons. The van der Waals surface area contributed by atoms with Crippen LogP contribution in [0.2, 0.25) is 0 Å². The fraction of sp³-hybridized carbons (Fsp3) is 0.143. The molecule has 0 aliphatic heterocycles. The van der Waals surface area contributed by atoms with Crippen molar-refractivity contribution in [3.8, 4) is 11.3 Å². The Morgan fingerprint density at radius 1 is 1.07 bits per heavy atom. The Bertz CT molecular complexity index is 1080. The van der Waals surface area contributed by atoms with Gasteiger partial charge in [0.1, 0.15) is 0 Å². The van der Waals surface area contributed by atoms with Gasteiger partial charge in [0, 0.05) is 17.1 Å². The van der Waals surface area contributed by atoms with E-state index in [4.69, 9.17) is 6.57 Å². The molecule has 0 fully saturated rings. The molecule has 1 aromatic heterocycles. The third-order valence-corrected chi connectivity index (χ3v) is 5.00. The predicted octanol–water partition coefficient (Wildman–Crippen LogP) is 5.86. The van der Waals surface area contributed by atoms with Crippen molar-refractivity contribution in [2.24, 2.45) is 0 Å². The summed E-state index contributed by atoms with van der Waals surface area (Å²) in [5.74, 6) is 0. The first kappa shape index (κ1) is 19.8. The number of aromatic nitrogens is 1. The van der Waals surface area contributed by atoms with Gasteiger partial charge in [0.05, 0.1) is 12.1 Å². The molecule has 0 N–H and O–H groups in total. The summed E-state index contributed by atoms with van der Waals surface area (Å²) >= 11 is 1.56. The summed E-state index contributed by atoms with van der Waals surface area (Å²) < 4.78 is 41.6. The van der Waals surface area contributed by atoms with Crippen molar-refractivity contribution in [3.05, 3.63) is 93.6 Å². The molecule has 0 saturated carbocycles. The lowest BCUT2D eigenvalue weighted by atomic mass is 10.1. The van der Waals surface area contributed by atoms with Crippen molar-refractivity contribution in [2.75, 3.05) is 6.26 Å². The van der Waals surface area contributed by atoms with Gasteiger partial charge in [-0.2, -0.15) is 13.2 Å². The summed E-state index contributed by atoms with van der Waals surface area (Å²) in [6.07, 6.45) is -2.85. The van der Waals surface area contributed by atoms with Gasteiger partial charge in [0.2, 0.25) is 0 Å². The molecule has 0 amide bonds. The van der Waals surface area contributed by atoms with Crippen molar-refractivity contribution < 1.29 is 13.2 Å². The maximum Gasteiger partial charge on any atom is 0.407 e. The van der Waals surface area contributed by atoms with Gasteiger partial charge < -0.3 is 4.57 Å². The van der Waals surface area contributed by atoms with E-state index in [0.717, 1.165) is 16.5 Å². The molecule has 0 spiro atoms. The van der Waals surface area contributed by atoms with Crippen molar-refractivity contribution in [1.29, 1.82) is 0 Å². The summed E-state index contributed by atoms with van der Waals surface area (Å²) in [5.41, 5.74) is -1.71. The van der Waals surface area contributed by atoms with Gasteiger partial charge in [-0.25, -0.2) is 4.85 Å². The molecule has 28 heavy (non-hydrogen) atoms. The minimum atomic E-state index is -4.79. The molecule has 3 nitrogen and oxygen atoms in total. The number of rotatable bonds is 4. The summed E-state index contributed by atoms with van der Waals surface area (Å²) in [6.45, 7) is 7.19. The highest BCUT2D eigenvalue weighted by Gasteiger charge is 2.36. The first-order valence-electron chi connectivity index (χ1n) is 8.26. The normalized spacial score (nSPS) is 11.2. The number of benzene rings is 2. The number of halogens is 3. The third-order valence-electron chi connectivity index (χ3n) is 4.26. The molecule has 0 aliphatic rings. The number of hydrogen-bond acceptors (Lipinski definition) is 2. The van der Waals surface area contributed by atoms with E-state index < -0.39 is 23.0 Å². The van der Waals surface area contributed by atoms with Crippen LogP contribution >= 0.6 is 11.8 Å². The molecular formula is C21H15F3N2OS. The molecule has 3 aromatic rings. The van der Waals surface area contributed by atoms with E-state index in [9.17, 15) is 18.0 Å². The quantitative estimate of drug-likeness (QED) is 0.405. The number of thioether (sulfide) groups is 1. The molecule has 1 heterocycles. The molecule has 2 aromatic carbocycles. The van der Waals surface area contributed by atoms with Gasteiger partial charge in [-0.3, -0.25) is 4.79 Å². The van der Waals surface area contributed by atoms with Gasteiger partial charge in [-0.05, 0) is 35.6 Å². The summed E-state index contributed by atoms with van der Waals surface area (Å²) in [6, 6.07) is 16.7. The van der Waals surface area contributed by atoms with Gasteiger partial charge in [0.15, 0.2) is 0 Å². The average molecular weight is 400 g/mol. The van der Waals surface area contributed by atoms with Crippen LogP contribution in [0.3, 0.4) is 0 Å². The van der Waals surface area contributed by atoms with E-state index in [1.807, 2.05) is 30.5 Å². The fourth-order valence-corrected chi connectivity index (χ4v) is 3.29. The van der Waals surface area contributed by atoms with Crippen LogP contribution in [0.15, 0.2) is 70.4 Å². The van der Waals surface area contributed by atoms with Gasteiger partial charge in [-0.15, -0.1) is 11.8 Å². The summed E-state index contributed by atoms with van der Waals surface area (Å²) in [7, 11) is 0. The van der Waals surface area contributed by atoms with Crippen LogP contribution < -0.4 is 5.56 Å².